The lowest BCUT2D eigenvalue weighted by Crippen LogP contribution is -1.93. The SMILES string of the molecule is CC(C)c1cc(-c2ccccc2)cc(-c2ccccn2)c1.CC(C)c1cc(-c2ccccc2)cc(-c2cccnc2)c1.CC(C)c1cc(-c2ccccn2)cc(-c2ccccn2)c1.CC(C)c1cc(-c2cccnc2)cc(-c2ccccn2)c1.CC(C)c1cc(-c2cccnc2)cc(-c2cccnc2)c1.CC(C)c1cc(-c2ccncc2)cc(-c2ccccn2)c1.CC(C)c1cc(-c2ccncc2)cc(-c2cccnc2)c1. The smallest absolute Gasteiger partial charge is 0.0702 e. The van der Waals surface area contributed by atoms with Gasteiger partial charge in [0.1, 0.15) is 0 Å². The standard InChI is InChI=1S/2C20H19N.5C19H18N2/c1-15(2)17-12-18(16-8-4-3-5-9-16)14-19(13-17)20-10-6-7-11-21-20;1-15(2)18-11-19(16-7-4-3-5-8-16)13-20(12-18)17-9-6-10-21-14-17;1-14(2)17-9-18(15-5-3-7-20-12-15)11-19(10-17)16-6-4-8-21-13-16;1-14(2)15-11-16(18-7-3-5-9-20-18)13-17(12-15)19-8-4-6-10-21-19;1-14(2)17-10-18(15-5-8-20-9-6-15)12-19(11-17)16-4-3-7-21-13-16;1-14(2)16-10-17(15-6-5-8-20-13-15)12-18(11-16)19-7-3-4-9-21-19;1-14(2)16-11-17(15-6-9-20-10-7-15)13-18(12-16)19-5-3-4-8-21-19/h2*3-15H,1-2H3;5*3-14H,1-2H3. The van der Waals surface area contributed by atoms with Gasteiger partial charge in [0.2, 0.25) is 0 Å². The van der Waals surface area contributed by atoms with E-state index in [0.29, 0.717) is 41.4 Å². The van der Waals surface area contributed by atoms with Crippen molar-refractivity contribution in [2.24, 2.45) is 0 Å². The number of aromatic nitrogens is 12. The summed E-state index contributed by atoms with van der Waals surface area (Å²) in [5, 5.41) is 0. The molecule has 728 valence electrons. The minimum atomic E-state index is 0.469. The summed E-state index contributed by atoms with van der Waals surface area (Å²) in [5.74, 6) is 3.40. The number of rotatable bonds is 21. The van der Waals surface area contributed by atoms with Gasteiger partial charge < -0.3 is 0 Å². The zero-order valence-corrected chi connectivity index (χ0v) is 86.5. The molecule has 21 rings (SSSR count). The largest absolute Gasteiger partial charge is 0.265 e. The van der Waals surface area contributed by atoms with Crippen LogP contribution in [-0.4, -0.2) is 59.8 Å². The Morgan fingerprint density at radius 1 is 0.116 bits per heavy atom. The van der Waals surface area contributed by atoms with Gasteiger partial charge in [-0.1, -0.05) is 273 Å². The molecular weight excluding hydrogens is 1790 g/mol. The van der Waals surface area contributed by atoms with Crippen molar-refractivity contribution in [1.82, 2.24) is 59.8 Å². The lowest BCUT2D eigenvalue weighted by atomic mass is 9.92. The van der Waals surface area contributed by atoms with Crippen LogP contribution >= 0.6 is 0 Å². The third kappa shape index (κ3) is 30.0. The molecule has 0 radical (unpaired) electrons. The first-order chi connectivity index (χ1) is 71.7. The molecule has 0 atom stereocenters. The summed E-state index contributed by atoms with van der Waals surface area (Å²) in [5.41, 5.74) is 41.7. The fourth-order valence-corrected chi connectivity index (χ4v) is 16.8. The van der Waals surface area contributed by atoms with Crippen molar-refractivity contribution < 1.29 is 0 Å². The van der Waals surface area contributed by atoms with Crippen molar-refractivity contribution in [1.29, 1.82) is 0 Å². The lowest BCUT2D eigenvalue weighted by molar-refractivity contribution is 0.867. The Labute approximate surface area is 869 Å². The van der Waals surface area contributed by atoms with Crippen LogP contribution in [-0.2, 0) is 0 Å². The molecule has 12 aromatic heterocycles. The average molecular weight is 1920 g/mol. The Balaban J connectivity index is 0.000000129. The molecule has 0 aliphatic heterocycles. The second-order valence-corrected chi connectivity index (χ2v) is 38.5. The van der Waals surface area contributed by atoms with E-state index in [1.165, 1.54) is 117 Å². The van der Waals surface area contributed by atoms with Crippen LogP contribution in [0, 0.1) is 0 Å². The quantitative estimate of drug-likeness (QED) is 0.0672. The second-order valence-electron chi connectivity index (χ2n) is 38.5. The van der Waals surface area contributed by atoms with E-state index < -0.39 is 0 Å². The van der Waals surface area contributed by atoms with Gasteiger partial charge >= 0.3 is 0 Å². The second kappa shape index (κ2) is 52.7. The maximum Gasteiger partial charge on any atom is 0.0702 e. The maximum absolute atomic E-state index is 4.48. The first-order valence-electron chi connectivity index (χ1n) is 50.7. The van der Waals surface area contributed by atoms with Gasteiger partial charge in [0, 0.05) is 173 Å². The fourth-order valence-electron chi connectivity index (χ4n) is 16.8. The van der Waals surface area contributed by atoms with Gasteiger partial charge in [-0.15, -0.1) is 0 Å². The highest BCUT2D eigenvalue weighted by molar-refractivity contribution is 5.81. The molecule has 0 bridgehead atoms. The predicted octanol–water partition coefficient (Wildman–Crippen LogP) is 35.7. The van der Waals surface area contributed by atoms with Crippen molar-refractivity contribution in [3.8, 4) is 156 Å². The van der Waals surface area contributed by atoms with E-state index in [2.05, 4.69) is 387 Å². The van der Waals surface area contributed by atoms with E-state index in [1.807, 2.05) is 226 Å². The highest BCUT2D eigenvalue weighted by atomic mass is 14.7. The molecule has 0 amide bonds. The Kier molecular flexibility index (Phi) is 37.3. The zero-order chi connectivity index (χ0) is 103. The molecule has 12 nitrogen and oxygen atoms in total. The minimum absolute atomic E-state index is 0.469. The average Bonchev–Trinajstić information content (AvgIpc) is 0.841. The highest BCUT2D eigenvalue weighted by Gasteiger charge is 2.18. The van der Waals surface area contributed by atoms with Crippen LogP contribution in [0.25, 0.3) is 156 Å². The van der Waals surface area contributed by atoms with Gasteiger partial charge in [-0.05, 0) is 341 Å². The zero-order valence-electron chi connectivity index (χ0n) is 86.5. The highest BCUT2D eigenvalue weighted by Crippen LogP contribution is 2.39. The van der Waals surface area contributed by atoms with E-state index >= 15 is 0 Å². The molecule has 0 spiro atoms. The van der Waals surface area contributed by atoms with Crippen LogP contribution in [0.2, 0.25) is 0 Å². The first kappa shape index (κ1) is 104. The molecule has 12 heterocycles. The Morgan fingerprint density at radius 2 is 0.272 bits per heavy atom. The molecule has 147 heavy (non-hydrogen) atoms. The summed E-state index contributed by atoms with van der Waals surface area (Å²) >= 11 is 0. The van der Waals surface area contributed by atoms with E-state index in [4.69, 9.17) is 0 Å². The third-order valence-electron chi connectivity index (χ3n) is 25.4. The van der Waals surface area contributed by atoms with Crippen LogP contribution in [0.5, 0.6) is 0 Å². The van der Waals surface area contributed by atoms with Crippen LogP contribution in [0.3, 0.4) is 0 Å². The number of nitrogens with zero attached hydrogens (tertiary/aromatic N) is 12. The van der Waals surface area contributed by atoms with E-state index in [0.717, 1.165) is 78.5 Å². The molecule has 0 unspecified atom stereocenters. The van der Waals surface area contributed by atoms with E-state index in [1.54, 1.807) is 24.8 Å². The number of hydrogen-bond donors (Lipinski definition) is 0. The normalized spacial score (nSPS) is 10.8. The molecule has 9 aromatic carbocycles. The summed E-state index contributed by atoms with van der Waals surface area (Å²) in [6.07, 6.45) is 35.1. The van der Waals surface area contributed by atoms with E-state index in [-0.39, 0.29) is 0 Å². The van der Waals surface area contributed by atoms with Crippen molar-refractivity contribution in [2.45, 2.75) is 138 Å². The lowest BCUT2D eigenvalue weighted by Gasteiger charge is -2.12. The molecule has 0 saturated carbocycles. The minimum Gasteiger partial charge on any atom is -0.265 e. The van der Waals surface area contributed by atoms with Crippen LogP contribution < -0.4 is 0 Å². The number of benzene rings is 9. The Bertz CT molecular complexity index is 5900. The fraction of sp³-hybridized carbons (Fsp3) is 0.156. The topological polar surface area (TPSA) is 155 Å². The van der Waals surface area contributed by atoms with Crippen molar-refractivity contribution in [3.63, 3.8) is 0 Å². The van der Waals surface area contributed by atoms with Gasteiger partial charge in [0.15, 0.2) is 0 Å². The van der Waals surface area contributed by atoms with Gasteiger partial charge in [0.05, 0.1) is 28.5 Å². The summed E-state index contributed by atoms with van der Waals surface area (Å²) < 4.78 is 0. The summed E-state index contributed by atoms with van der Waals surface area (Å²) in [4.78, 5) is 51.7. The molecule has 21 aromatic rings. The van der Waals surface area contributed by atoms with Gasteiger partial charge in [-0.2, -0.15) is 0 Å². The van der Waals surface area contributed by atoms with Crippen LogP contribution in [0.4, 0.5) is 0 Å². The molecule has 12 heteroatoms. The summed E-state index contributed by atoms with van der Waals surface area (Å²) in [6.45, 7) is 31.1. The molecule has 0 N–H and O–H groups in total. The van der Waals surface area contributed by atoms with E-state index in [9.17, 15) is 0 Å². The van der Waals surface area contributed by atoms with Crippen molar-refractivity contribution in [2.75, 3.05) is 0 Å². The van der Waals surface area contributed by atoms with Gasteiger partial charge in [0.25, 0.3) is 0 Å². The third-order valence-corrected chi connectivity index (χ3v) is 25.4. The van der Waals surface area contributed by atoms with Crippen LogP contribution in [0.15, 0.2) is 482 Å². The monoisotopic (exact) mass is 1920 g/mol. The van der Waals surface area contributed by atoms with Crippen molar-refractivity contribution in [3.05, 3.63) is 521 Å². The number of hydrogen-bond acceptors (Lipinski definition) is 12. The number of pyridine rings is 12. The predicted molar refractivity (Wildman–Crippen MR) is 613 cm³/mol. The summed E-state index contributed by atoms with van der Waals surface area (Å²) in [7, 11) is 0. The van der Waals surface area contributed by atoms with Crippen molar-refractivity contribution >= 4 is 0 Å². The first-order valence-corrected chi connectivity index (χ1v) is 50.7. The molecule has 0 aliphatic carbocycles. The summed E-state index contributed by atoms with van der Waals surface area (Å²) in [6, 6.07) is 127. The molecule has 0 saturated heterocycles. The Morgan fingerprint density at radius 3 is 0.442 bits per heavy atom. The molecule has 0 aliphatic rings. The van der Waals surface area contributed by atoms with Gasteiger partial charge in [-0.25, -0.2) is 0 Å². The Hall–Kier alpha value is -17.2. The molecule has 0 fully saturated rings. The van der Waals surface area contributed by atoms with Gasteiger partial charge in [-0.3, -0.25) is 59.8 Å². The van der Waals surface area contributed by atoms with Crippen LogP contribution in [0.1, 0.15) is 177 Å². The molecular formula is C135H128N12. The maximum atomic E-state index is 4.48.